The third kappa shape index (κ3) is 2.76. The van der Waals surface area contributed by atoms with Crippen LogP contribution in [0, 0.1) is 0 Å². The highest BCUT2D eigenvalue weighted by Crippen LogP contribution is 2.24. The van der Waals surface area contributed by atoms with E-state index in [9.17, 15) is 0 Å². The average Bonchev–Trinajstić information content (AvgIpc) is 3.17. The van der Waals surface area contributed by atoms with Gasteiger partial charge in [-0.3, -0.25) is 5.10 Å². The second kappa shape index (κ2) is 5.94. The van der Waals surface area contributed by atoms with Gasteiger partial charge in [-0.15, -0.1) is 11.3 Å². The van der Waals surface area contributed by atoms with Crippen LogP contribution in [0.5, 0.6) is 0 Å². The largest absolute Gasteiger partial charge is 0.310 e. The van der Waals surface area contributed by atoms with Gasteiger partial charge in [-0.1, -0.05) is 30.3 Å². The third-order valence-corrected chi connectivity index (χ3v) is 3.98. The van der Waals surface area contributed by atoms with Crippen LogP contribution in [-0.2, 0) is 6.42 Å². The second-order valence-corrected chi connectivity index (χ2v) is 5.35. The fraction of sp³-hybridized carbons (Fsp3) is 0.214. The lowest BCUT2D eigenvalue weighted by molar-refractivity contribution is 0.558. The molecule has 0 saturated carbocycles. The van der Waals surface area contributed by atoms with Crippen molar-refractivity contribution >= 4 is 11.3 Å². The van der Waals surface area contributed by atoms with Crippen molar-refractivity contribution in [2.75, 3.05) is 7.05 Å². The van der Waals surface area contributed by atoms with Crippen LogP contribution in [0.4, 0.5) is 0 Å². The standard InChI is InChI=1S/C14H15N5S/c1-15-11(14-16-9-17-19-14)7-13-18-12(8-20-13)10-5-3-2-4-6-10/h2-6,8-9,11,15H,7H2,1H3,(H,16,17,19). The lowest BCUT2D eigenvalue weighted by Crippen LogP contribution is -2.20. The number of H-pyrrole nitrogens is 1. The smallest absolute Gasteiger partial charge is 0.141 e. The summed E-state index contributed by atoms with van der Waals surface area (Å²) in [7, 11) is 1.92. The van der Waals surface area contributed by atoms with Gasteiger partial charge in [0.25, 0.3) is 0 Å². The zero-order valence-corrected chi connectivity index (χ0v) is 11.9. The zero-order chi connectivity index (χ0) is 13.8. The Bertz CT molecular complexity index is 647. The van der Waals surface area contributed by atoms with Gasteiger partial charge in [-0.2, -0.15) is 5.10 Å². The number of aromatic amines is 1. The van der Waals surface area contributed by atoms with Crippen LogP contribution >= 0.6 is 11.3 Å². The molecule has 0 radical (unpaired) electrons. The summed E-state index contributed by atoms with van der Waals surface area (Å²) >= 11 is 1.67. The van der Waals surface area contributed by atoms with Crippen molar-refractivity contribution in [3.05, 3.63) is 52.9 Å². The van der Waals surface area contributed by atoms with Gasteiger partial charge >= 0.3 is 0 Å². The van der Waals surface area contributed by atoms with Crippen molar-refractivity contribution in [1.29, 1.82) is 0 Å². The Morgan fingerprint density at radius 1 is 1.30 bits per heavy atom. The molecule has 20 heavy (non-hydrogen) atoms. The molecule has 0 fully saturated rings. The molecule has 0 aliphatic heterocycles. The first-order chi connectivity index (χ1) is 9.86. The maximum absolute atomic E-state index is 4.69. The number of likely N-dealkylation sites (N-methyl/N-ethyl adjacent to an activating group) is 1. The Hall–Kier alpha value is -2.05. The van der Waals surface area contributed by atoms with Gasteiger partial charge in [0.05, 0.1) is 16.7 Å². The summed E-state index contributed by atoms with van der Waals surface area (Å²) in [6.45, 7) is 0. The molecule has 5 nitrogen and oxygen atoms in total. The number of nitrogens with zero attached hydrogens (tertiary/aromatic N) is 3. The van der Waals surface area contributed by atoms with E-state index in [4.69, 9.17) is 4.98 Å². The molecule has 1 atom stereocenters. The molecule has 1 aromatic carbocycles. The number of hydrogen-bond acceptors (Lipinski definition) is 5. The highest BCUT2D eigenvalue weighted by molar-refractivity contribution is 7.09. The molecule has 0 spiro atoms. The van der Waals surface area contributed by atoms with E-state index >= 15 is 0 Å². The van der Waals surface area contributed by atoms with Gasteiger partial charge in [0, 0.05) is 17.4 Å². The van der Waals surface area contributed by atoms with Crippen molar-refractivity contribution in [3.8, 4) is 11.3 Å². The van der Waals surface area contributed by atoms with Crippen LogP contribution in [0.1, 0.15) is 16.9 Å². The van der Waals surface area contributed by atoms with Gasteiger partial charge < -0.3 is 5.32 Å². The molecule has 0 amide bonds. The maximum Gasteiger partial charge on any atom is 0.141 e. The molecular weight excluding hydrogens is 270 g/mol. The lowest BCUT2D eigenvalue weighted by Gasteiger charge is -2.10. The number of nitrogens with one attached hydrogen (secondary N) is 2. The fourth-order valence-corrected chi connectivity index (χ4v) is 2.89. The van der Waals surface area contributed by atoms with E-state index in [2.05, 4.69) is 38.0 Å². The minimum atomic E-state index is 0.104. The van der Waals surface area contributed by atoms with Crippen LogP contribution in [0.2, 0.25) is 0 Å². The minimum Gasteiger partial charge on any atom is -0.310 e. The average molecular weight is 285 g/mol. The summed E-state index contributed by atoms with van der Waals surface area (Å²) in [6, 6.07) is 10.3. The van der Waals surface area contributed by atoms with Gasteiger partial charge in [-0.25, -0.2) is 9.97 Å². The lowest BCUT2D eigenvalue weighted by atomic mass is 10.2. The molecule has 3 aromatic rings. The number of hydrogen-bond donors (Lipinski definition) is 2. The van der Waals surface area contributed by atoms with Gasteiger partial charge in [0.15, 0.2) is 0 Å². The Morgan fingerprint density at radius 3 is 2.85 bits per heavy atom. The predicted molar refractivity (Wildman–Crippen MR) is 79.4 cm³/mol. The summed E-state index contributed by atoms with van der Waals surface area (Å²) in [4.78, 5) is 8.89. The monoisotopic (exact) mass is 285 g/mol. The molecule has 0 aliphatic rings. The topological polar surface area (TPSA) is 66.5 Å². The van der Waals surface area contributed by atoms with Crippen LogP contribution in [-0.4, -0.2) is 27.2 Å². The van der Waals surface area contributed by atoms with E-state index in [1.165, 1.54) is 6.33 Å². The first-order valence-electron chi connectivity index (χ1n) is 6.39. The van der Waals surface area contributed by atoms with Crippen molar-refractivity contribution in [1.82, 2.24) is 25.5 Å². The maximum atomic E-state index is 4.69. The van der Waals surface area contributed by atoms with Crippen LogP contribution in [0.15, 0.2) is 42.0 Å². The molecule has 0 bridgehead atoms. The van der Waals surface area contributed by atoms with Crippen molar-refractivity contribution in [2.45, 2.75) is 12.5 Å². The van der Waals surface area contributed by atoms with E-state index in [1.54, 1.807) is 11.3 Å². The molecule has 2 heterocycles. The Labute approximate surface area is 121 Å². The van der Waals surface area contributed by atoms with Crippen LogP contribution < -0.4 is 5.32 Å². The highest BCUT2D eigenvalue weighted by atomic mass is 32.1. The van der Waals surface area contributed by atoms with Crippen molar-refractivity contribution < 1.29 is 0 Å². The zero-order valence-electron chi connectivity index (χ0n) is 11.1. The SMILES string of the molecule is CNC(Cc1nc(-c2ccccc2)cs1)c1ncn[nH]1. The Balaban J connectivity index is 1.77. The first-order valence-corrected chi connectivity index (χ1v) is 7.27. The first kappa shape index (κ1) is 13.0. The quantitative estimate of drug-likeness (QED) is 0.755. The number of thiazole rings is 1. The molecule has 2 N–H and O–H groups in total. The summed E-state index contributed by atoms with van der Waals surface area (Å²) in [5.41, 5.74) is 2.17. The Kier molecular flexibility index (Phi) is 3.85. The normalized spacial score (nSPS) is 12.4. The number of benzene rings is 1. The Morgan fingerprint density at radius 2 is 2.15 bits per heavy atom. The van der Waals surface area contributed by atoms with Gasteiger partial charge in [0.1, 0.15) is 12.2 Å². The molecular formula is C14H15N5S. The second-order valence-electron chi connectivity index (χ2n) is 4.41. The highest BCUT2D eigenvalue weighted by Gasteiger charge is 2.15. The van der Waals surface area contributed by atoms with E-state index in [-0.39, 0.29) is 6.04 Å². The van der Waals surface area contributed by atoms with Crippen LogP contribution in [0.3, 0.4) is 0 Å². The molecule has 0 saturated heterocycles. The van der Waals surface area contributed by atoms with E-state index in [0.29, 0.717) is 0 Å². The van der Waals surface area contributed by atoms with Crippen LogP contribution in [0.25, 0.3) is 11.3 Å². The van der Waals surface area contributed by atoms with E-state index < -0.39 is 0 Å². The third-order valence-electron chi connectivity index (χ3n) is 3.11. The summed E-state index contributed by atoms with van der Waals surface area (Å²) in [6.07, 6.45) is 2.32. The summed E-state index contributed by atoms with van der Waals surface area (Å²) in [5, 5.41) is 13.2. The summed E-state index contributed by atoms with van der Waals surface area (Å²) in [5.74, 6) is 0.837. The molecule has 2 aromatic heterocycles. The van der Waals surface area contributed by atoms with E-state index in [0.717, 1.165) is 28.5 Å². The summed E-state index contributed by atoms with van der Waals surface area (Å²) < 4.78 is 0. The molecule has 3 rings (SSSR count). The molecule has 1 unspecified atom stereocenters. The van der Waals surface area contributed by atoms with E-state index in [1.807, 2.05) is 25.2 Å². The number of rotatable bonds is 5. The van der Waals surface area contributed by atoms with Gasteiger partial charge in [0.2, 0.25) is 0 Å². The van der Waals surface area contributed by atoms with Crippen molar-refractivity contribution in [2.24, 2.45) is 0 Å². The minimum absolute atomic E-state index is 0.104. The van der Waals surface area contributed by atoms with Crippen molar-refractivity contribution in [3.63, 3.8) is 0 Å². The number of aromatic nitrogens is 4. The fourth-order valence-electron chi connectivity index (χ4n) is 2.04. The molecule has 6 heteroatoms. The van der Waals surface area contributed by atoms with Gasteiger partial charge in [-0.05, 0) is 7.05 Å². The molecule has 0 aliphatic carbocycles. The molecule has 102 valence electrons. The predicted octanol–water partition coefficient (Wildman–Crippen LogP) is 2.43.